The lowest BCUT2D eigenvalue weighted by molar-refractivity contribution is -0.133. The number of thioether (sulfide) groups is 1. The Labute approximate surface area is 127 Å². The van der Waals surface area contributed by atoms with Crippen LogP contribution >= 0.6 is 11.8 Å². The summed E-state index contributed by atoms with van der Waals surface area (Å²) in [5, 5.41) is 16.2. The lowest BCUT2D eigenvalue weighted by Crippen LogP contribution is -2.28. The number of rotatable bonds is 7. The lowest BCUT2D eigenvalue weighted by atomic mass is 10.1. The molecule has 1 atom stereocenters. The lowest BCUT2D eigenvalue weighted by Gasteiger charge is -2.14. The molecule has 0 saturated heterocycles. The minimum atomic E-state index is -3.73. The SMILES string of the molecule is CC(NC(=O)CSCC(=O)O)c1ccc(S(N)(=O)=O)cc1. The molecule has 116 valence electrons. The predicted molar refractivity (Wildman–Crippen MR) is 79.3 cm³/mol. The molecule has 0 aliphatic carbocycles. The molecule has 0 aliphatic rings. The highest BCUT2D eigenvalue weighted by atomic mass is 32.2. The van der Waals surface area contributed by atoms with Gasteiger partial charge in [-0.25, -0.2) is 13.6 Å². The second-order valence-electron chi connectivity index (χ2n) is 4.29. The highest BCUT2D eigenvalue weighted by molar-refractivity contribution is 8.00. The number of carboxylic acid groups (broad SMARTS) is 1. The van der Waals surface area contributed by atoms with Crippen LogP contribution in [0.1, 0.15) is 18.5 Å². The molecule has 0 heterocycles. The molecule has 9 heteroatoms. The van der Waals surface area contributed by atoms with Gasteiger partial charge >= 0.3 is 5.97 Å². The molecule has 1 amide bonds. The number of primary sulfonamides is 1. The van der Waals surface area contributed by atoms with E-state index in [2.05, 4.69) is 5.32 Å². The molecule has 1 unspecified atom stereocenters. The number of carboxylic acids is 1. The number of aliphatic carboxylic acids is 1. The van der Waals surface area contributed by atoms with E-state index in [1.807, 2.05) is 0 Å². The van der Waals surface area contributed by atoms with Crippen molar-refractivity contribution in [3.63, 3.8) is 0 Å². The molecule has 0 aromatic heterocycles. The first kappa shape index (κ1) is 17.5. The van der Waals surface area contributed by atoms with Gasteiger partial charge in [0.25, 0.3) is 0 Å². The Morgan fingerprint density at radius 1 is 1.29 bits per heavy atom. The number of nitrogens with two attached hydrogens (primary N) is 1. The van der Waals surface area contributed by atoms with Crippen molar-refractivity contribution in [2.45, 2.75) is 17.9 Å². The summed E-state index contributed by atoms with van der Waals surface area (Å²) >= 11 is 1.01. The van der Waals surface area contributed by atoms with Gasteiger partial charge in [0.1, 0.15) is 0 Å². The third-order valence-corrected chi connectivity index (χ3v) is 4.39. The summed E-state index contributed by atoms with van der Waals surface area (Å²) in [6.07, 6.45) is 0. The van der Waals surface area contributed by atoms with Gasteiger partial charge in [-0.1, -0.05) is 12.1 Å². The predicted octanol–water partition coefficient (Wildman–Crippen LogP) is 0.329. The first-order valence-electron chi connectivity index (χ1n) is 5.92. The number of nitrogens with one attached hydrogen (secondary N) is 1. The number of carbonyl (C=O) groups excluding carboxylic acids is 1. The van der Waals surface area contributed by atoms with E-state index in [0.717, 1.165) is 17.3 Å². The van der Waals surface area contributed by atoms with Crippen molar-refractivity contribution in [3.05, 3.63) is 29.8 Å². The zero-order valence-electron chi connectivity index (χ0n) is 11.3. The Morgan fingerprint density at radius 2 is 1.86 bits per heavy atom. The van der Waals surface area contributed by atoms with Crippen LogP contribution in [-0.4, -0.2) is 36.9 Å². The van der Waals surface area contributed by atoms with Gasteiger partial charge in [0.15, 0.2) is 0 Å². The van der Waals surface area contributed by atoms with Gasteiger partial charge < -0.3 is 10.4 Å². The third kappa shape index (κ3) is 6.15. The number of carbonyl (C=O) groups is 2. The molecule has 1 rings (SSSR count). The molecule has 0 fully saturated rings. The number of hydrogen-bond acceptors (Lipinski definition) is 5. The van der Waals surface area contributed by atoms with Crippen LogP contribution < -0.4 is 10.5 Å². The van der Waals surface area contributed by atoms with E-state index < -0.39 is 16.0 Å². The molecular formula is C12H16N2O5S2. The molecule has 7 nitrogen and oxygen atoms in total. The number of amides is 1. The van der Waals surface area contributed by atoms with Crippen LogP contribution in [0.15, 0.2) is 29.2 Å². The third-order valence-electron chi connectivity index (χ3n) is 2.54. The maximum Gasteiger partial charge on any atom is 0.313 e. The summed E-state index contributed by atoms with van der Waals surface area (Å²) in [5.74, 6) is -1.35. The van der Waals surface area contributed by atoms with E-state index in [1.54, 1.807) is 19.1 Å². The summed E-state index contributed by atoms with van der Waals surface area (Å²) in [5.41, 5.74) is 0.721. The molecule has 0 bridgehead atoms. The quantitative estimate of drug-likeness (QED) is 0.660. The van der Waals surface area contributed by atoms with Crippen molar-refractivity contribution in [3.8, 4) is 0 Å². The van der Waals surface area contributed by atoms with Gasteiger partial charge in [-0.05, 0) is 24.6 Å². The van der Waals surface area contributed by atoms with Crippen molar-refractivity contribution < 1.29 is 23.1 Å². The van der Waals surface area contributed by atoms with Gasteiger partial charge in [-0.2, -0.15) is 0 Å². The van der Waals surface area contributed by atoms with E-state index in [1.165, 1.54) is 12.1 Å². The monoisotopic (exact) mass is 332 g/mol. The number of sulfonamides is 1. The van der Waals surface area contributed by atoms with E-state index in [9.17, 15) is 18.0 Å². The zero-order chi connectivity index (χ0) is 16.0. The Kier molecular flexibility index (Phi) is 6.19. The minimum absolute atomic E-state index is 0.00166. The highest BCUT2D eigenvalue weighted by Crippen LogP contribution is 2.15. The topological polar surface area (TPSA) is 127 Å². The summed E-state index contributed by atoms with van der Waals surface area (Å²) in [4.78, 5) is 21.9. The number of benzene rings is 1. The second-order valence-corrected chi connectivity index (χ2v) is 6.84. The van der Waals surface area contributed by atoms with Gasteiger partial charge in [-0.3, -0.25) is 9.59 Å². The highest BCUT2D eigenvalue weighted by Gasteiger charge is 2.12. The second kappa shape index (κ2) is 7.43. The summed E-state index contributed by atoms with van der Waals surface area (Å²) < 4.78 is 22.2. The van der Waals surface area contributed by atoms with Crippen molar-refractivity contribution in [1.29, 1.82) is 0 Å². The van der Waals surface area contributed by atoms with Crippen LogP contribution in [0.3, 0.4) is 0 Å². The van der Waals surface area contributed by atoms with Crippen molar-refractivity contribution in [2.24, 2.45) is 5.14 Å². The molecule has 0 spiro atoms. The summed E-state index contributed by atoms with van der Waals surface area (Å²) in [6, 6.07) is 5.54. The van der Waals surface area contributed by atoms with Crippen molar-refractivity contribution >= 4 is 33.7 Å². The maximum absolute atomic E-state index is 11.6. The number of hydrogen-bond donors (Lipinski definition) is 3. The molecule has 4 N–H and O–H groups in total. The average molecular weight is 332 g/mol. The van der Waals surface area contributed by atoms with Crippen molar-refractivity contribution in [2.75, 3.05) is 11.5 Å². The van der Waals surface area contributed by atoms with E-state index in [-0.39, 0.29) is 28.4 Å². The standard InChI is InChI=1S/C12H16N2O5S2/c1-8(14-11(15)6-20-7-12(16)17)9-2-4-10(5-3-9)21(13,18)19/h2-5,8H,6-7H2,1H3,(H,14,15)(H,16,17)(H2,13,18,19). The molecular weight excluding hydrogens is 316 g/mol. The van der Waals surface area contributed by atoms with Crippen LogP contribution in [0.5, 0.6) is 0 Å². The fourth-order valence-corrected chi connectivity index (χ4v) is 2.60. The van der Waals surface area contributed by atoms with E-state index in [0.29, 0.717) is 0 Å². The zero-order valence-corrected chi connectivity index (χ0v) is 12.9. The molecule has 0 saturated carbocycles. The van der Waals surface area contributed by atoms with Crippen LogP contribution in [0.2, 0.25) is 0 Å². The van der Waals surface area contributed by atoms with Gasteiger partial charge in [0.2, 0.25) is 15.9 Å². The van der Waals surface area contributed by atoms with Gasteiger partial charge in [0, 0.05) is 0 Å². The average Bonchev–Trinajstić information content (AvgIpc) is 2.37. The van der Waals surface area contributed by atoms with Crippen molar-refractivity contribution in [1.82, 2.24) is 5.32 Å². The van der Waals surface area contributed by atoms with Crippen LogP contribution in [0, 0.1) is 0 Å². The minimum Gasteiger partial charge on any atom is -0.481 e. The Bertz CT molecular complexity index is 613. The summed E-state index contributed by atoms with van der Waals surface area (Å²) in [7, 11) is -3.73. The largest absolute Gasteiger partial charge is 0.481 e. The van der Waals surface area contributed by atoms with Crippen LogP contribution in [0.4, 0.5) is 0 Å². The molecule has 1 aromatic carbocycles. The summed E-state index contributed by atoms with van der Waals surface area (Å²) in [6.45, 7) is 1.74. The van der Waals surface area contributed by atoms with E-state index >= 15 is 0 Å². The van der Waals surface area contributed by atoms with Crippen LogP contribution in [-0.2, 0) is 19.6 Å². The van der Waals surface area contributed by atoms with Gasteiger partial charge in [-0.15, -0.1) is 11.8 Å². The molecule has 0 aliphatic heterocycles. The van der Waals surface area contributed by atoms with Crippen LogP contribution in [0.25, 0.3) is 0 Å². The Balaban J connectivity index is 2.57. The Morgan fingerprint density at radius 3 is 2.33 bits per heavy atom. The maximum atomic E-state index is 11.6. The van der Waals surface area contributed by atoms with E-state index in [4.69, 9.17) is 10.2 Å². The fourth-order valence-electron chi connectivity index (χ4n) is 1.54. The normalized spacial score (nSPS) is 12.7. The molecule has 1 aromatic rings. The molecule has 21 heavy (non-hydrogen) atoms. The first-order valence-corrected chi connectivity index (χ1v) is 8.62. The Hall–Kier alpha value is -1.58. The van der Waals surface area contributed by atoms with Gasteiger partial charge in [0.05, 0.1) is 22.4 Å². The smallest absolute Gasteiger partial charge is 0.313 e. The molecule has 0 radical (unpaired) electrons. The first-order chi connectivity index (χ1) is 9.70. The fraction of sp³-hybridized carbons (Fsp3) is 0.333.